The topological polar surface area (TPSA) is 52.1 Å². The summed E-state index contributed by atoms with van der Waals surface area (Å²) in [4.78, 5) is 18.0. The van der Waals surface area contributed by atoms with Gasteiger partial charge in [-0.25, -0.2) is 14.8 Å². The Bertz CT molecular complexity index is 235. The van der Waals surface area contributed by atoms with Gasteiger partial charge < -0.3 is 4.74 Å². The van der Waals surface area contributed by atoms with Gasteiger partial charge in [-0.15, -0.1) is 0 Å². The molecule has 1 aromatic heterocycles. The van der Waals surface area contributed by atoms with Gasteiger partial charge in [0.05, 0.1) is 12.2 Å². The first kappa shape index (κ1) is 7.65. The molecule has 0 N–H and O–H groups in total. The van der Waals surface area contributed by atoms with Crippen LogP contribution in [0.1, 0.15) is 17.3 Å². The summed E-state index contributed by atoms with van der Waals surface area (Å²) >= 11 is 0. The van der Waals surface area contributed by atoms with Crippen molar-refractivity contribution in [2.24, 2.45) is 0 Å². The molecule has 0 spiro atoms. The van der Waals surface area contributed by atoms with Gasteiger partial charge in [0.2, 0.25) is 0 Å². The molecule has 0 saturated carbocycles. The number of aromatic nitrogens is 2. The predicted molar refractivity (Wildman–Crippen MR) is 36.8 cm³/mol. The maximum atomic E-state index is 10.9. The molecule has 0 fully saturated rings. The van der Waals surface area contributed by atoms with Crippen molar-refractivity contribution in [1.29, 1.82) is 0 Å². The second-order valence-corrected chi connectivity index (χ2v) is 1.79. The number of ether oxygens (including phenoxy) is 1. The van der Waals surface area contributed by atoms with Crippen LogP contribution in [-0.2, 0) is 4.74 Å². The highest BCUT2D eigenvalue weighted by Crippen LogP contribution is 1.95. The summed E-state index contributed by atoms with van der Waals surface area (Å²) in [7, 11) is 0. The van der Waals surface area contributed by atoms with Gasteiger partial charge in [0.1, 0.15) is 0 Å². The maximum Gasteiger partial charge on any atom is 0.341 e. The first-order valence-electron chi connectivity index (χ1n) is 3.19. The summed E-state index contributed by atoms with van der Waals surface area (Å²) in [6.07, 6.45) is 5.05. The minimum atomic E-state index is -0.401. The van der Waals surface area contributed by atoms with Gasteiger partial charge >= 0.3 is 5.97 Å². The van der Waals surface area contributed by atoms with Crippen molar-refractivity contribution in [2.45, 2.75) is 6.92 Å². The highest BCUT2D eigenvalue weighted by atomic mass is 16.5. The molecule has 0 amide bonds. The molecule has 1 rings (SSSR count). The number of carbonyl (C=O) groups is 1. The van der Waals surface area contributed by atoms with Gasteiger partial charge in [0, 0.05) is 12.4 Å². The Morgan fingerprint density at radius 2 is 2.27 bits per heavy atom. The van der Waals surface area contributed by atoms with Crippen LogP contribution >= 0.6 is 0 Å². The van der Waals surface area contributed by atoms with E-state index in [9.17, 15) is 4.79 Å². The molecule has 0 saturated heterocycles. The lowest BCUT2D eigenvalue weighted by atomic mass is 10.3. The molecule has 0 aliphatic carbocycles. The summed E-state index contributed by atoms with van der Waals surface area (Å²) in [5, 5.41) is 0. The molecule has 0 bridgehead atoms. The van der Waals surface area contributed by atoms with E-state index in [1.807, 2.05) is 0 Å². The van der Waals surface area contributed by atoms with Gasteiger partial charge in [0.25, 0.3) is 0 Å². The molecule has 0 aliphatic rings. The van der Waals surface area contributed by atoms with Crippen molar-refractivity contribution in [1.82, 2.24) is 9.97 Å². The Kier molecular flexibility index (Phi) is 2.54. The number of carbonyl (C=O) groups excluding carboxylic acids is 1. The lowest BCUT2D eigenvalue weighted by molar-refractivity contribution is 0.0525. The third kappa shape index (κ3) is 2.00. The molecular formula is C7H7N2O2. The molecule has 4 nitrogen and oxygen atoms in total. The number of rotatable bonds is 2. The zero-order valence-electron chi connectivity index (χ0n) is 6.07. The van der Waals surface area contributed by atoms with Crippen LogP contribution in [0.15, 0.2) is 12.4 Å². The lowest BCUT2D eigenvalue weighted by Gasteiger charge is -1.97. The molecule has 0 atom stereocenters. The van der Waals surface area contributed by atoms with Crippen LogP contribution in [0.5, 0.6) is 0 Å². The summed E-state index contributed by atoms with van der Waals surface area (Å²) in [6.45, 7) is 2.10. The van der Waals surface area contributed by atoms with Gasteiger partial charge in [-0.3, -0.25) is 0 Å². The first-order valence-corrected chi connectivity index (χ1v) is 3.19. The van der Waals surface area contributed by atoms with Crippen molar-refractivity contribution < 1.29 is 9.53 Å². The van der Waals surface area contributed by atoms with Crippen LogP contribution in [0.2, 0.25) is 0 Å². The van der Waals surface area contributed by atoms with Crippen LogP contribution in [0.25, 0.3) is 0 Å². The van der Waals surface area contributed by atoms with E-state index in [1.165, 1.54) is 12.4 Å². The molecule has 1 aromatic rings. The van der Waals surface area contributed by atoms with Crippen molar-refractivity contribution >= 4 is 5.97 Å². The second-order valence-electron chi connectivity index (χ2n) is 1.79. The summed E-state index contributed by atoms with van der Waals surface area (Å²) in [5.41, 5.74) is 0.352. The van der Waals surface area contributed by atoms with E-state index < -0.39 is 5.97 Å². The SMILES string of the molecule is CCOC(=O)c1cn[c]nc1. The number of hydrogen-bond acceptors (Lipinski definition) is 4. The highest BCUT2D eigenvalue weighted by Gasteiger charge is 2.04. The summed E-state index contributed by atoms with van der Waals surface area (Å²) < 4.78 is 4.70. The quantitative estimate of drug-likeness (QED) is 0.576. The molecule has 1 radical (unpaired) electrons. The van der Waals surface area contributed by atoms with E-state index in [2.05, 4.69) is 16.3 Å². The zero-order chi connectivity index (χ0) is 8.10. The van der Waals surface area contributed by atoms with E-state index in [0.29, 0.717) is 12.2 Å². The summed E-state index contributed by atoms with van der Waals surface area (Å²) in [6, 6.07) is 0. The minimum absolute atomic E-state index is 0.352. The van der Waals surface area contributed by atoms with Crippen molar-refractivity contribution in [3.8, 4) is 0 Å². The molecular weight excluding hydrogens is 144 g/mol. The van der Waals surface area contributed by atoms with E-state index in [0.717, 1.165) is 0 Å². The Hall–Kier alpha value is -1.45. The second kappa shape index (κ2) is 3.65. The minimum Gasteiger partial charge on any atom is -0.462 e. The van der Waals surface area contributed by atoms with Gasteiger partial charge in [0.15, 0.2) is 6.33 Å². The molecule has 0 aromatic carbocycles. The molecule has 4 heteroatoms. The normalized spacial score (nSPS) is 9.18. The van der Waals surface area contributed by atoms with Crippen LogP contribution < -0.4 is 0 Å². The highest BCUT2D eigenvalue weighted by molar-refractivity contribution is 5.88. The fourth-order valence-corrected chi connectivity index (χ4v) is 0.583. The molecule has 0 unspecified atom stereocenters. The Labute approximate surface area is 64.2 Å². The van der Waals surface area contributed by atoms with Crippen LogP contribution in [0.4, 0.5) is 0 Å². The standard InChI is InChI=1S/C7H7N2O2/c1-2-11-7(10)6-3-8-5-9-4-6/h3-4H,2H2,1H3. The van der Waals surface area contributed by atoms with E-state index in [4.69, 9.17) is 4.74 Å². The van der Waals surface area contributed by atoms with Gasteiger partial charge in [-0.1, -0.05) is 0 Å². The van der Waals surface area contributed by atoms with Crippen LogP contribution in [0.3, 0.4) is 0 Å². The Balaban J connectivity index is 2.69. The van der Waals surface area contributed by atoms with E-state index in [-0.39, 0.29) is 0 Å². The molecule has 57 valence electrons. The molecule has 1 heterocycles. The largest absolute Gasteiger partial charge is 0.462 e. The molecule has 11 heavy (non-hydrogen) atoms. The number of esters is 1. The van der Waals surface area contributed by atoms with Crippen molar-refractivity contribution in [2.75, 3.05) is 6.61 Å². The number of hydrogen-bond donors (Lipinski definition) is 0. The fourth-order valence-electron chi connectivity index (χ4n) is 0.583. The fraction of sp³-hybridized carbons (Fsp3) is 0.286. The average molecular weight is 151 g/mol. The number of nitrogens with zero attached hydrogens (tertiary/aromatic N) is 2. The van der Waals surface area contributed by atoms with Crippen LogP contribution in [-0.4, -0.2) is 22.5 Å². The van der Waals surface area contributed by atoms with E-state index in [1.54, 1.807) is 6.92 Å². The predicted octanol–water partition coefficient (Wildman–Crippen LogP) is 0.453. The van der Waals surface area contributed by atoms with Crippen molar-refractivity contribution in [3.05, 3.63) is 24.3 Å². The van der Waals surface area contributed by atoms with Gasteiger partial charge in [-0.2, -0.15) is 0 Å². The first-order chi connectivity index (χ1) is 5.34. The smallest absolute Gasteiger partial charge is 0.341 e. The molecule has 0 aliphatic heterocycles. The van der Waals surface area contributed by atoms with Crippen LogP contribution in [0, 0.1) is 6.33 Å². The van der Waals surface area contributed by atoms with E-state index >= 15 is 0 Å². The Morgan fingerprint density at radius 3 is 2.82 bits per heavy atom. The van der Waals surface area contributed by atoms with Gasteiger partial charge in [-0.05, 0) is 6.92 Å². The third-order valence-electron chi connectivity index (χ3n) is 1.03. The lowest BCUT2D eigenvalue weighted by Crippen LogP contribution is -2.05. The average Bonchev–Trinajstić information content (AvgIpc) is 2.07. The van der Waals surface area contributed by atoms with Crippen molar-refractivity contribution in [3.63, 3.8) is 0 Å². The maximum absolute atomic E-state index is 10.9. The summed E-state index contributed by atoms with van der Waals surface area (Å²) in [5.74, 6) is -0.401. The zero-order valence-corrected chi connectivity index (χ0v) is 6.07. The monoisotopic (exact) mass is 151 g/mol. The third-order valence-corrected chi connectivity index (χ3v) is 1.03. The Morgan fingerprint density at radius 1 is 1.64 bits per heavy atom.